The van der Waals surface area contributed by atoms with Gasteiger partial charge in [0.05, 0.1) is 23.2 Å². The Morgan fingerprint density at radius 3 is 2.55 bits per heavy atom. The van der Waals surface area contributed by atoms with Gasteiger partial charge in [-0.2, -0.15) is 0 Å². The Hall–Kier alpha value is -3.00. The van der Waals surface area contributed by atoms with Crippen molar-refractivity contribution in [1.29, 1.82) is 0 Å². The van der Waals surface area contributed by atoms with E-state index in [2.05, 4.69) is 47.4 Å². The summed E-state index contributed by atoms with van der Waals surface area (Å²) >= 11 is 0. The molecular formula is C26H33N5O2. The van der Waals surface area contributed by atoms with Crippen molar-refractivity contribution in [2.45, 2.75) is 52.4 Å². The van der Waals surface area contributed by atoms with Crippen LogP contribution >= 0.6 is 0 Å². The minimum Gasteiger partial charge on any atom is -0.389 e. The summed E-state index contributed by atoms with van der Waals surface area (Å²) in [6.07, 6.45) is 1.67. The van der Waals surface area contributed by atoms with Crippen LogP contribution in [0.4, 0.5) is 5.82 Å². The van der Waals surface area contributed by atoms with Crippen LogP contribution in [0, 0.1) is 0 Å². The molecule has 0 atom stereocenters. The summed E-state index contributed by atoms with van der Waals surface area (Å²) in [6, 6.07) is 14.8. The van der Waals surface area contributed by atoms with Gasteiger partial charge in [0.25, 0.3) is 0 Å². The van der Waals surface area contributed by atoms with Gasteiger partial charge in [-0.1, -0.05) is 36.4 Å². The number of aliphatic hydroxyl groups is 1. The summed E-state index contributed by atoms with van der Waals surface area (Å²) in [4.78, 5) is 9.40. The Morgan fingerprint density at radius 1 is 1.06 bits per heavy atom. The molecule has 2 heterocycles. The quantitative estimate of drug-likeness (QED) is 0.362. The van der Waals surface area contributed by atoms with Crippen molar-refractivity contribution in [3.8, 4) is 0 Å². The highest BCUT2D eigenvalue weighted by Crippen LogP contribution is 2.31. The molecule has 2 aromatic carbocycles. The predicted molar refractivity (Wildman–Crippen MR) is 133 cm³/mol. The molecule has 0 amide bonds. The molecule has 0 aliphatic carbocycles. The van der Waals surface area contributed by atoms with Crippen LogP contribution < -0.4 is 11.5 Å². The molecule has 0 unspecified atom stereocenters. The van der Waals surface area contributed by atoms with Crippen molar-refractivity contribution in [2.75, 3.05) is 18.9 Å². The van der Waals surface area contributed by atoms with Gasteiger partial charge in [0.1, 0.15) is 17.9 Å². The Morgan fingerprint density at radius 2 is 1.82 bits per heavy atom. The summed E-state index contributed by atoms with van der Waals surface area (Å²) in [5.74, 6) is 1.11. The summed E-state index contributed by atoms with van der Waals surface area (Å²) in [5.41, 5.74) is 17.1. The number of fused-ring (bicyclic) bond motifs is 3. The molecule has 5 N–H and O–H groups in total. The highest BCUT2D eigenvalue weighted by Gasteiger charge is 2.22. The molecule has 33 heavy (non-hydrogen) atoms. The number of hydrogen-bond acceptors (Lipinski definition) is 6. The van der Waals surface area contributed by atoms with Gasteiger partial charge < -0.3 is 25.9 Å². The van der Waals surface area contributed by atoms with Gasteiger partial charge >= 0.3 is 0 Å². The summed E-state index contributed by atoms with van der Waals surface area (Å²) < 4.78 is 7.65. The molecule has 7 nitrogen and oxygen atoms in total. The lowest BCUT2D eigenvalue weighted by atomic mass is 10.00. The van der Waals surface area contributed by atoms with Crippen molar-refractivity contribution < 1.29 is 9.84 Å². The summed E-state index contributed by atoms with van der Waals surface area (Å²) in [5, 5.41) is 11.5. The lowest BCUT2D eigenvalue weighted by Crippen LogP contribution is -2.27. The molecule has 0 radical (unpaired) electrons. The SMILES string of the molecule is CCOCc1nc2c(N)nc3cc(Cc4cccc(CCN)c4)ccc3c2n1CC(C)(C)O. The van der Waals surface area contributed by atoms with Gasteiger partial charge in [-0.3, -0.25) is 0 Å². The van der Waals surface area contributed by atoms with Crippen LogP contribution in [0.15, 0.2) is 42.5 Å². The lowest BCUT2D eigenvalue weighted by Gasteiger charge is -2.20. The molecular weight excluding hydrogens is 414 g/mol. The minimum atomic E-state index is -0.923. The zero-order valence-electron chi connectivity index (χ0n) is 19.6. The third-order valence-electron chi connectivity index (χ3n) is 5.66. The fourth-order valence-corrected chi connectivity index (χ4v) is 4.27. The minimum absolute atomic E-state index is 0.347. The number of nitrogens with two attached hydrogens (primary N) is 2. The van der Waals surface area contributed by atoms with Crippen molar-refractivity contribution in [3.63, 3.8) is 0 Å². The van der Waals surface area contributed by atoms with Gasteiger partial charge in [-0.25, -0.2) is 9.97 Å². The Kier molecular flexibility index (Phi) is 6.65. The number of benzene rings is 2. The van der Waals surface area contributed by atoms with Crippen LogP contribution in [0.2, 0.25) is 0 Å². The lowest BCUT2D eigenvalue weighted by molar-refractivity contribution is 0.0582. The van der Waals surface area contributed by atoms with Crippen molar-refractivity contribution in [3.05, 3.63) is 65.0 Å². The molecule has 2 aromatic heterocycles. The molecule has 0 spiro atoms. The van der Waals surface area contributed by atoms with Crippen LogP contribution in [0.25, 0.3) is 21.9 Å². The van der Waals surface area contributed by atoms with Gasteiger partial charge in [0.15, 0.2) is 5.82 Å². The first-order valence-corrected chi connectivity index (χ1v) is 11.4. The van der Waals surface area contributed by atoms with E-state index < -0.39 is 5.60 Å². The van der Waals surface area contributed by atoms with E-state index in [9.17, 15) is 5.11 Å². The number of hydrogen-bond donors (Lipinski definition) is 3. The number of ether oxygens (including phenoxy) is 1. The zero-order valence-corrected chi connectivity index (χ0v) is 19.6. The Bertz CT molecular complexity index is 1270. The first-order chi connectivity index (χ1) is 15.8. The molecule has 7 heteroatoms. The van der Waals surface area contributed by atoms with E-state index in [0.717, 1.165) is 40.6 Å². The van der Waals surface area contributed by atoms with Crippen LogP contribution in [-0.4, -0.2) is 38.4 Å². The third-order valence-corrected chi connectivity index (χ3v) is 5.66. The largest absolute Gasteiger partial charge is 0.389 e. The van der Waals surface area contributed by atoms with E-state index >= 15 is 0 Å². The molecule has 0 aliphatic rings. The second-order valence-electron chi connectivity index (χ2n) is 9.14. The van der Waals surface area contributed by atoms with Crippen molar-refractivity contribution >= 4 is 27.8 Å². The molecule has 0 fully saturated rings. The molecule has 4 rings (SSSR count). The summed E-state index contributed by atoms with van der Waals surface area (Å²) in [7, 11) is 0. The number of nitrogen functional groups attached to an aromatic ring is 1. The van der Waals surface area contributed by atoms with E-state index in [4.69, 9.17) is 21.2 Å². The topological polar surface area (TPSA) is 112 Å². The number of rotatable bonds is 9. The van der Waals surface area contributed by atoms with E-state index in [1.807, 2.05) is 11.5 Å². The Balaban J connectivity index is 1.80. The molecule has 0 bridgehead atoms. The van der Waals surface area contributed by atoms with Gasteiger partial charge in [0.2, 0.25) is 0 Å². The molecule has 0 saturated heterocycles. The van der Waals surface area contributed by atoms with Crippen LogP contribution in [-0.2, 0) is 30.7 Å². The van der Waals surface area contributed by atoms with E-state index in [1.54, 1.807) is 13.8 Å². The van der Waals surface area contributed by atoms with E-state index in [1.165, 1.54) is 11.1 Å². The molecule has 4 aromatic rings. The molecule has 0 saturated carbocycles. The van der Waals surface area contributed by atoms with Crippen molar-refractivity contribution in [1.82, 2.24) is 14.5 Å². The third kappa shape index (κ3) is 5.16. The Labute approximate surface area is 194 Å². The van der Waals surface area contributed by atoms with Crippen molar-refractivity contribution in [2.24, 2.45) is 5.73 Å². The second-order valence-corrected chi connectivity index (χ2v) is 9.14. The predicted octanol–water partition coefficient (Wildman–Crippen LogP) is 3.57. The van der Waals surface area contributed by atoms with Gasteiger partial charge in [-0.05, 0) is 62.9 Å². The maximum atomic E-state index is 10.6. The average Bonchev–Trinajstić information content (AvgIpc) is 3.10. The number of aromatic nitrogens is 3. The molecule has 174 valence electrons. The van der Waals surface area contributed by atoms with Gasteiger partial charge in [-0.15, -0.1) is 0 Å². The first kappa shape index (κ1) is 23.2. The molecule has 0 aliphatic heterocycles. The number of pyridine rings is 1. The number of imidazole rings is 1. The van der Waals surface area contributed by atoms with Crippen LogP contribution in [0.3, 0.4) is 0 Å². The average molecular weight is 448 g/mol. The number of nitrogens with zero attached hydrogens (tertiary/aromatic N) is 3. The van der Waals surface area contributed by atoms with Crippen LogP contribution in [0.1, 0.15) is 43.3 Å². The normalized spacial score (nSPS) is 12.2. The maximum Gasteiger partial charge on any atom is 0.152 e. The second kappa shape index (κ2) is 9.47. The van der Waals surface area contributed by atoms with E-state index in [0.29, 0.717) is 37.6 Å². The summed E-state index contributed by atoms with van der Waals surface area (Å²) in [6.45, 7) is 7.46. The first-order valence-electron chi connectivity index (χ1n) is 11.4. The fourth-order valence-electron chi connectivity index (χ4n) is 4.27. The van der Waals surface area contributed by atoms with E-state index in [-0.39, 0.29) is 0 Å². The fraction of sp³-hybridized carbons (Fsp3) is 0.385. The van der Waals surface area contributed by atoms with Crippen LogP contribution in [0.5, 0.6) is 0 Å². The maximum absolute atomic E-state index is 10.6. The monoisotopic (exact) mass is 447 g/mol. The smallest absolute Gasteiger partial charge is 0.152 e. The highest BCUT2D eigenvalue weighted by atomic mass is 16.5. The number of anilines is 1. The highest BCUT2D eigenvalue weighted by molar-refractivity contribution is 6.06. The standard InChI is InChI=1S/C26H33N5O2/c1-4-33-15-22-30-23-24(31(22)16-26(2,3)32)20-9-8-19(14-21(20)29-25(23)28)13-18-7-5-6-17(12-18)10-11-27/h5-9,12,14,32H,4,10-11,13,15-16,27H2,1-3H3,(H2,28,29). The zero-order chi connectivity index (χ0) is 23.6. The van der Waals surface area contributed by atoms with Gasteiger partial charge in [0, 0.05) is 12.0 Å².